The van der Waals surface area contributed by atoms with E-state index in [1.165, 1.54) is 0 Å². The molecule has 2 aliphatic heterocycles. The SMILES string of the molecule is CC1(C)OB([C-]=CB2OC(C)(C)C(C)(C)O2)OC1(C)C.[Re]. The summed E-state index contributed by atoms with van der Waals surface area (Å²) in [5, 5.41) is 0. The van der Waals surface area contributed by atoms with Gasteiger partial charge in [0.2, 0.25) is 0 Å². The van der Waals surface area contributed by atoms with Crippen LogP contribution in [-0.4, -0.2) is 36.6 Å². The smallest absolute Gasteiger partial charge is 0.449 e. The van der Waals surface area contributed by atoms with Gasteiger partial charge in [0.15, 0.2) is 0 Å². The fourth-order valence-electron chi connectivity index (χ4n) is 2.02. The third kappa shape index (κ3) is 3.66. The van der Waals surface area contributed by atoms with Gasteiger partial charge in [0.05, 0.1) is 22.4 Å². The third-order valence-electron chi connectivity index (χ3n) is 4.89. The Morgan fingerprint density at radius 2 is 1.00 bits per heavy atom. The van der Waals surface area contributed by atoms with Crippen molar-refractivity contribution in [1.82, 2.24) is 0 Å². The van der Waals surface area contributed by atoms with Crippen molar-refractivity contribution in [2.75, 3.05) is 0 Å². The maximum absolute atomic E-state index is 5.88. The van der Waals surface area contributed by atoms with Crippen LogP contribution in [0, 0.1) is 5.98 Å². The average molecular weight is 465 g/mol. The summed E-state index contributed by atoms with van der Waals surface area (Å²) in [6.07, 6.45) is 0. The second kappa shape index (κ2) is 5.78. The Morgan fingerprint density at radius 3 is 1.38 bits per heavy atom. The van der Waals surface area contributed by atoms with E-state index in [1.807, 2.05) is 55.4 Å². The van der Waals surface area contributed by atoms with Crippen molar-refractivity contribution >= 4 is 14.2 Å². The zero-order valence-corrected chi connectivity index (χ0v) is 17.0. The fourth-order valence-corrected chi connectivity index (χ4v) is 2.02. The number of rotatable bonds is 2. The van der Waals surface area contributed by atoms with E-state index in [0.29, 0.717) is 0 Å². The Labute approximate surface area is 143 Å². The van der Waals surface area contributed by atoms with E-state index in [0.717, 1.165) is 0 Å². The monoisotopic (exact) mass is 466 g/mol. The molecule has 0 atom stereocenters. The summed E-state index contributed by atoms with van der Waals surface area (Å²) in [7, 11) is -0.905. The van der Waals surface area contributed by atoms with Crippen molar-refractivity contribution in [3.63, 3.8) is 0 Å². The van der Waals surface area contributed by atoms with Gasteiger partial charge in [0.1, 0.15) is 0 Å². The molecule has 4 nitrogen and oxygen atoms in total. The molecule has 0 aromatic carbocycles. The Morgan fingerprint density at radius 1 is 0.667 bits per heavy atom. The van der Waals surface area contributed by atoms with Crippen LogP contribution in [0.25, 0.3) is 0 Å². The minimum atomic E-state index is -0.487. The van der Waals surface area contributed by atoms with Crippen LogP contribution >= 0.6 is 0 Å². The van der Waals surface area contributed by atoms with Crippen molar-refractivity contribution in [2.24, 2.45) is 0 Å². The Bertz CT molecular complexity index is 351. The molecule has 2 rings (SSSR count). The minimum absolute atomic E-state index is 0. The molecule has 0 aromatic heterocycles. The van der Waals surface area contributed by atoms with Gasteiger partial charge < -0.3 is 24.6 Å². The molecule has 2 heterocycles. The van der Waals surface area contributed by atoms with E-state index in [4.69, 9.17) is 18.6 Å². The molecule has 119 valence electrons. The van der Waals surface area contributed by atoms with Crippen LogP contribution in [0.1, 0.15) is 55.4 Å². The molecule has 0 amide bonds. The zero-order valence-electron chi connectivity index (χ0n) is 14.2. The predicted molar refractivity (Wildman–Crippen MR) is 80.0 cm³/mol. The molecule has 0 aromatic rings. The molecule has 2 saturated heterocycles. The Balaban J connectivity index is 0.00000220. The first-order chi connectivity index (χ1) is 8.86. The van der Waals surface area contributed by atoms with Gasteiger partial charge >= 0.3 is 7.12 Å². The molecule has 0 saturated carbocycles. The second-order valence-corrected chi connectivity index (χ2v) is 7.55. The number of hydrogen-bond donors (Lipinski definition) is 0. The maximum atomic E-state index is 5.88. The largest absolute Gasteiger partial charge is 0.470 e. The van der Waals surface area contributed by atoms with Crippen LogP contribution in [0.2, 0.25) is 0 Å². The van der Waals surface area contributed by atoms with Crippen LogP contribution in [0.5, 0.6) is 0 Å². The van der Waals surface area contributed by atoms with Gasteiger partial charge in [0.25, 0.3) is 7.12 Å². The van der Waals surface area contributed by atoms with Crippen LogP contribution in [0.15, 0.2) is 5.98 Å². The first-order valence-electron chi connectivity index (χ1n) is 7.17. The molecular weight excluding hydrogens is 440 g/mol. The van der Waals surface area contributed by atoms with E-state index >= 15 is 0 Å². The average Bonchev–Trinajstić information content (AvgIpc) is 2.55. The van der Waals surface area contributed by atoms with Crippen LogP contribution in [0.3, 0.4) is 0 Å². The molecule has 0 spiro atoms. The predicted octanol–water partition coefficient (Wildman–Crippen LogP) is 2.61. The summed E-state index contributed by atoms with van der Waals surface area (Å²) < 4.78 is 23.5. The number of hydrogen-bond acceptors (Lipinski definition) is 4. The summed E-state index contributed by atoms with van der Waals surface area (Å²) in [6.45, 7) is 16.2. The van der Waals surface area contributed by atoms with Gasteiger partial charge in [0, 0.05) is 20.4 Å². The first-order valence-corrected chi connectivity index (χ1v) is 7.17. The Kier molecular flexibility index (Phi) is 5.34. The topological polar surface area (TPSA) is 36.9 Å². The molecule has 0 aliphatic carbocycles. The first kappa shape index (κ1) is 19.4. The van der Waals surface area contributed by atoms with E-state index in [9.17, 15) is 0 Å². The molecule has 2 fully saturated rings. The molecule has 2 aliphatic rings. The van der Waals surface area contributed by atoms with Crippen molar-refractivity contribution < 1.29 is 39.0 Å². The van der Waals surface area contributed by atoms with E-state index < -0.39 is 14.2 Å². The fraction of sp³-hybridized carbons (Fsp3) is 0.857. The van der Waals surface area contributed by atoms with Gasteiger partial charge in [-0.15, -0.1) is 0 Å². The maximum Gasteiger partial charge on any atom is 0.449 e. The van der Waals surface area contributed by atoms with Gasteiger partial charge in [-0.25, -0.2) is 5.98 Å². The van der Waals surface area contributed by atoms with Crippen molar-refractivity contribution in [2.45, 2.75) is 77.8 Å². The van der Waals surface area contributed by atoms with E-state index in [-0.39, 0.29) is 42.8 Å². The van der Waals surface area contributed by atoms with Crippen LogP contribution in [0.4, 0.5) is 0 Å². The van der Waals surface area contributed by atoms with E-state index in [2.05, 4.69) is 5.98 Å². The summed E-state index contributed by atoms with van der Waals surface area (Å²) in [4.78, 5) is 0. The quantitative estimate of drug-likeness (QED) is 0.465. The standard InChI is InChI=1S/C14H25B2O4.Re/c1-11(2)12(3,4)18-15(17-11)9-10-16-19-13(5,6)14(7,8)20-16;/h9H,1-8H3;/q-1;. The van der Waals surface area contributed by atoms with Gasteiger partial charge in [-0.1, -0.05) is 0 Å². The zero-order chi connectivity index (χ0) is 15.4. The van der Waals surface area contributed by atoms with Gasteiger partial charge in [-0.2, -0.15) is 0 Å². The molecular formula is C14H25B2O4Re-. The Hall–Kier alpha value is 0.372. The molecule has 0 bridgehead atoms. The van der Waals surface area contributed by atoms with E-state index in [1.54, 1.807) is 5.98 Å². The third-order valence-corrected chi connectivity index (χ3v) is 4.89. The van der Waals surface area contributed by atoms with Gasteiger partial charge in [-0.3, -0.25) is 0 Å². The molecule has 1 radical (unpaired) electrons. The normalized spacial score (nSPS) is 29.0. The van der Waals surface area contributed by atoms with Crippen molar-refractivity contribution in [3.05, 3.63) is 12.0 Å². The summed E-state index contributed by atoms with van der Waals surface area (Å²) in [6, 6.07) is 0. The molecule has 0 N–H and O–H groups in total. The molecule has 0 unspecified atom stereocenters. The van der Waals surface area contributed by atoms with Gasteiger partial charge in [-0.05, 0) is 55.4 Å². The summed E-state index contributed by atoms with van der Waals surface area (Å²) in [5.41, 5.74) is -1.39. The minimum Gasteiger partial charge on any atom is -0.470 e. The molecule has 21 heavy (non-hydrogen) atoms. The van der Waals surface area contributed by atoms with Crippen molar-refractivity contribution in [3.8, 4) is 0 Å². The van der Waals surface area contributed by atoms with Crippen LogP contribution < -0.4 is 0 Å². The molecule has 7 heteroatoms. The van der Waals surface area contributed by atoms with Crippen LogP contribution in [-0.2, 0) is 39.0 Å². The summed E-state index contributed by atoms with van der Waals surface area (Å²) >= 11 is 0. The van der Waals surface area contributed by atoms with Crippen molar-refractivity contribution in [1.29, 1.82) is 0 Å². The summed E-state index contributed by atoms with van der Waals surface area (Å²) in [5.74, 6) is 4.84. The second-order valence-electron chi connectivity index (χ2n) is 7.55.